The summed E-state index contributed by atoms with van der Waals surface area (Å²) < 4.78 is 0. The second-order valence-electron chi connectivity index (χ2n) is 5.56. The van der Waals surface area contributed by atoms with Gasteiger partial charge in [0.05, 0.1) is 4.92 Å². The first kappa shape index (κ1) is 16.6. The quantitative estimate of drug-likeness (QED) is 0.615. The van der Waals surface area contributed by atoms with Gasteiger partial charge in [-0.05, 0) is 24.8 Å². The first-order chi connectivity index (χ1) is 10.9. The minimum atomic E-state index is -0.967. The van der Waals surface area contributed by atoms with E-state index in [9.17, 15) is 24.5 Å². The number of Topliss-reactive ketones (excluding diaryl/α,β-unsaturated/α-hetero) is 1. The zero-order valence-electron chi connectivity index (χ0n) is 12.4. The van der Waals surface area contributed by atoms with E-state index < -0.39 is 22.8 Å². The molecule has 0 aliphatic heterocycles. The molecular formula is C15H17N3O5. The Balaban J connectivity index is 2.15. The molecule has 1 fully saturated rings. The number of primary amides is 1. The number of hydrogen-bond acceptors (Lipinski definition) is 5. The van der Waals surface area contributed by atoms with E-state index in [1.165, 1.54) is 18.2 Å². The van der Waals surface area contributed by atoms with Crippen LogP contribution in [0.3, 0.4) is 0 Å². The number of carbonyl (C=O) groups excluding carboxylic acids is 3. The molecular weight excluding hydrogens is 302 g/mol. The maximum absolute atomic E-state index is 12.2. The predicted molar refractivity (Wildman–Crippen MR) is 80.5 cm³/mol. The van der Waals surface area contributed by atoms with Crippen molar-refractivity contribution in [2.24, 2.45) is 11.7 Å². The zero-order valence-corrected chi connectivity index (χ0v) is 12.4. The smallest absolute Gasteiger partial charge is 0.270 e. The molecule has 1 saturated carbocycles. The molecule has 0 saturated heterocycles. The van der Waals surface area contributed by atoms with Crippen LogP contribution in [0, 0.1) is 16.0 Å². The van der Waals surface area contributed by atoms with Gasteiger partial charge in [0.1, 0.15) is 11.8 Å². The van der Waals surface area contributed by atoms with Crippen molar-refractivity contribution in [3.05, 3.63) is 39.9 Å². The van der Waals surface area contributed by atoms with Gasteiger partial charge in [-0.25, -0.2) is 0 Å². The van der Waals surface area contributed by atoms with Gasteiger partial charge in [-0.2, -0.15) is 0 Å². The van der Waals surface area contributed by atoms with Crippen LogP contribution in [0.4, 0.5) is 5.69 Å². The number of nitro benzene ring substituents is 1. The number of rotatable bonds is 5. The van der Waals surface area contributed by atoms with E-state index in [-0.39, 0.29) is 29.4 Å². The fourth-order valence-corrected chi connectivity index (χ4v) is 2.75. The molecule has 8 heteroatoms. The normalized spacial score (nSPS) is 19.0. The fourth-order valence-electron chi connectivity index (χ4n) is 2.75. The van der Waals surface area contributed by atoms with Crippen LogP contribution in [0.1, 0.15) is 36.0 Å². The molecule has 1 aliphatic carbocycles. The Hall–Kier alpha value is -2.77. The van der Waals surface area contributed by atoms with E-state index in [4.69, 9.17) is 5.73 Å². The topological polar surface area (TPSA) is 132 Å². The Morgan fingerprint density at radius 3 is 2.74 bits per heavy atom. The highest BCUT2D eigenvalue weighted by Crippen LogP contribution is 2.24. The molecule has 1 aliphatic rings. The molecule has 122 valence electrons. The maximum atomic E-state index is 12.2. The third-order valence-corrected chi connectivity index (χ3v) is 3.90. The monoisotopic (exact) mass is 319 g/mol. The lowest BCUT2D eigenvalue weighted by Gasteiger charge is -2.28. The van der Waals surface area contributed by atoms with E-state index in [1.54, 1.807) is 0 Å². The van der Waals surface area contributed by atoms with Crippen LogP contribution >= 0.6 is 0 Å². The Morgan fingerprint density at radius 2 is 2.13 bits per heavy atom. The van der Waals surface area contributed by atoms with E-state index in [1.807, 2.05) is 0 Å². The van der Waals surface area contributed by atoms with Gasteiger partial charge in [0.25, 0.3) is 11.6 Å². The van der Waals surface area contributed by atoms with Gasteiger partial charge in [-0.3, -0.25) is 24.5 Å². The molecule has 23 heavy (non-hydrogen) atoms. The standard InChI is InChI=1S/C15H17N3O5/c16-14(20)13(9-3-2-6-12(19)8-9)17-15(21)10-4-1-5-11(7-10)18(22)23/h1,4-5,7,9,13H,2-3,6,8H2,(H2,16,20)(H,17,21)/t9-,13+/m0/s1. The van der Waals surface area contributed by atoms with Gasteiger partial charge < -0.3 is 11.1 Å². The number of ketones is 1. The summed E-state index contributed by atoms with van der Waals surface area (Å²) in [5.74, 6) is -1.65. The lowest BCUT2D eigenvalue weighted by Crippen LogP contribution is -2.50. The van der Waals surface area contributed by atoms with Crippen LogP contribution in [0.5, 0.6) is 0 Å². The molecule has 8 nitrogen and oxygen atoms in total. The molecule has 0 aromatic heterocycles. The highest BCUT2D eigenvalue weighted by Gasteiger charge is 2.32. The van der Waals surface area contributed by atoms with Crippen LogP contribution < -0.4 is 11.1 Å². The van der Waals surface area contributed by atoms with E-state index in [0.717, 1.165) is 6.07 Å². The summed E-state index contributed by atoms with van der Waals surface area (Å²) in [5.41, 5.74) is 5.19. The van der Waals surface area contributed by atoms with Crippen LogP contribution in [0.2, 0.25) is 0 Å². The summed E-state index contributed by atoms with van der Waals surface area (Å²) >= 11 is 0. The lowest BCUT2D eigenvalue weighted by atomic mass is 9.82. The molecule has 0 spiro atoms. The highest BCUT2D eigenvalue weighted by molar-refractivity contribution is 5.98. The summed E-state index contributed by atoms with van der Waals surface area (Å²) in [4.78, 5) is 45.5. The number of nitrogens with zero attached hydrogens (tertiary/aromatic N) is 1. The third-order valence-electron chi connectivity index (χ3n) is 3.90. The molecule has 2 rings (SSSR count). The number of nitro groups is 1. The summed E-state index contributed by atoms with van der Waals surface area (Å²) in [5, 5.41) is 13.3. The number of hydrogen-bond donors (Lipinski definition) is 2. The molecule has 0 bridgehead atoms. The van der Waals surface area contributed by atoms with Gasteiger partial charge in [0.2, 0.25) is 5.91 Å². The lowest BCUT2D eigenvalue weighted by molar-refractivity contribution is -0.384. The Kier molecular flexibility index (Phi) is 5.05. The first-order valence-electron chi connectivity index (χ1n) is 7.25. The van der Waals surface area contributed by atoms with E-state index >= 15 is 0 Å². The average molecular weight is 319 g/mol. The molecule has 2 atom stereocenters. The van der Waals surface area contributed by atoms with Crippen LogP contribution in [0.25, 0.3) is 0 Å². The Morgan fingerprint density at radius 1 is 1.39 bits per heavy atom. The second kappa shape index (κ2) is 6.99. The van der Waals surface area contributed by atoms with Crippen molar-refractivity contribution in [3.63, 3.8) is 0 Å². The van der Waals surface area contributed by atoms with Gasteiger partial charge in [-0.1, -0.05) is 6.07 Å². The van der Waals surface area contributed by atoms with Gasteiger partial charge >= 0.3 is 0 Å². The summed E-state index contributed by atoms with van der Waals surface area (Å²) in [6.45, 7) is 0. The second-order valence-corrected chi connectivity index (χ2v) is 5.56. The van der Waals surface area contributed by atoms with Crippen LogP contribution in [-0.2, 0) is 9.59 Å². The van der Waals surface area contributed by atoms with Crippen molar-refractivity contribution < 1.29 is 19.3 Å². The van der Waals surface area contributed by atoms with Gasteiger partial charge in [0, 0.05) is 30.5 Å². The van der Waals surface area contributed by atoms with Crippen molar-refractivity contribution in [1.82, 2.24) is 5.32 Å². The van der Waals surface area contributed by atoms with Gasteiger partial charge in [0.15, 0.2) is 0 Å². The average Bonchev–Trinajstić information content (AvgIpc) is 2.52. The molecule has 0 radical (unpaired) electrons. The van der Waals surface area contributed by atoms with Crippen molar-refractivity contribution >= 4 is 23.3 Å². The fraction of sp³-hybridized carbons (Fsp3) is 0.400. The summed E-state index contributed by atoms with van der Waals surface area (Å²) in [6, 6.07) is 4.22. The highest BCUT2D eigenvalue weighted by atomic mass is 16.6. The number of non-ortho nitro benzene ring substituents is 1. The maximum Gasteiger partial charge on any atom is 0.270 e. The molecule has 1 aromatic carbocycles. The SMILES string of the molecule is NC(=O)[C@H](NC(=O)c1cccc([N+](=O)[O-])c1)[C@H]1CCCC(=O)C1. The van der Waals surface area contributed by atoms with Crippen molar-refractivity contribution in [2.75, 3.05) is 0 Å². The minimum absolute atomic E-state index is 0.0390. The Labute approximate surface area is 132 Å². The van der Waals surface area contributed by atoms with Crippen LogP contribution in [-0.4, -0.2) is 28.6 Å². The molecule has 0 heterocycles. The number of amides is 2. The molecule has 1 aromatic rings. The number of nitrogens with one attached hydrogen (secondary N) is 1. The number of benzene rings is 1. The first-order valence-corrected chi connectivity index (χ1v) is 7.25. The third kappa shape index (κ3) is 4.12. The summed E-state index contributed by atoms with van der Waals surface area (Å²) in [6.07, 6.45) is 1.94. The summed E-state index contributed by atoms with van der Waals surface area (Å²) in [7, 11) is 0. The minimum Gasteiger partial charge on any atom is -0.368 e. The molecule has 0 unspecified atom stereocenters. The number of carbonyl (C=O) groups is 3. The number of nitrogens with two attached hydrogens (primary N) is 1. The largest absolute Gasteiger partial charge is 0.368 e. The van der Waals surface area contributed by atoms with E-state index in [2.05, 4.69) is 5.32 Å². The molecule has 3 N–H and O–H groups in total. The van der Waals surface area contributed by atoms with Crippen molar-refractivity contribution in [2.45, 2.75) is 31.7 Å². The molecule has 2 amide bonds. The Bertz CT molecular complexity index is 658. The van der Waals surface area contributed by atoms with Crippen LogP contribution in [0.15, 0.2) is 24.3 Å². The van der Waals surface area contributed by atoms with Crippen molar-refractivity contribution in [1.29, 1.82) is 0 Å². The van der Waals surface area contributed by atoms with E-state index in [0.29, 0.717) is 19.3 Å². The van der Waals surface area contributed by atoms with Crippen molar-refractivity contribution in [3.8, 4) is 0 Å². The van der Waals surface area contributed by atoms with Gasteiger partial charge in [-0.15, -0.1) is 0 Å². The predicted octanol–water partition coefficient (Wildman–Crippen LogP) is 0.938. The zero-order chi connectivity index (χ0) is 17.0.